The fourth-order valence-corrected chi connectivity index (χ4v) is 5.65. The maximum absolute atomic E-state index is 13.5. The largest absolute Gasteiger partial charge is 0.207 e. The Kier molecular flexibility index (Phi) is 7.21. The zero-order chi connectivity index (χ0) is 29.0. The van der Waals surface area contributed by atoms with Crippen molar-refractivity contribution in [2.45, 2.75) is 0 Å². The molecule has 0 bridgehead atoms. The first-order chi connectivity index (χ1) is 21.2. The molecule has 0 radical (unpaired) electrons. The second-order valence-corrected chi connectivity index (χ2v) is 10.7. The molecule has 0 saturated carbocycles. The molecule has 43 heavy (non-hydrogen) atoms. The van der Waals surface area contributed by atoms with E-state index in [2.05, 4.69) is 133 Å². The second kappa shape index (κ2) is 11.8. The van der Waals surface area contributed by atoms with Crippen LogP contribution in [0.4, 0.5) is 4.39 Å². The van der Waals surface area contributed by atoms with Gasteiger partial charge in [0.1, 0.15) is 5.82 Å². The van der Waals surface area contributed by atoms with Gasteiger partial charge in [0.05, 0.1) is 0 Å². The van der Waals surface area contributed by atoms with Crippen LogP contribution in [0, 0.1) is 5.82 Å². The zero-order valence-electron chi connectivity index (χ0n) is 23.6. The van der Waals surface area contributed by atoms with Gasteiger partial charge in [-0.15, -0.1) is 0 Å². The van der Waals surface area contributed by atoms with E-state index >= 15 is 0 Å². The van der Waals surface area contributed by atoms with Gasteiger partial charge < -0.3 is 0 Å². The summed E-state index contributed by atoms with van der Waals surface area (Å²) >= 11 is 0. The Labute approximate surface area is 252 Å². The molecular weight excluding hydrogens is 523 g/mol. The quantitative estimate of drug-likeness (QED) is 0.192. The molecule has 204 valence electrons. The third-order valence-electron chi connectivity index (χ3n) is 8.04. The predicted octanol–water partition coefficient (Wildman–Crippen LogP) is 11.8. The van der Waals surface area contributed by atoms with Gasteiger partial charge in [-0.2, -0.15) is 0 Å². The Morgan fingerprint density at radius 2 is 0.442 bits per heavy atom. The van der Waals surface area contributed by atoms with Crippen molar-refractivity contribution in [1.82, 2.24) is 0 Å². The molecule has 0 nitrogen and oxygen atoms in total. The number of halogens is 1. The van der Waals surface area contributed by atoms with Crippen molar-refractivity contribution >= 4 is 0 Å². The molecule has 0 spiro atoms. The summed E-state index contributed by atoms with van der Waals surface area (Å²) in [5, 5.41) is 0. The summed E-state index contributed by atoms with van der Waals surface area (Å²) in [4.78, 5) is 0. The summed E-state index contributed by atoms with van der Waals surface area (Å²) in [7, 11) is 0. The van der Waals surface area contributed by atoms with Gasteiger partial charge in [-0.3, -0.25) is 0 Å². The summed E-state index contributed by atoms with van der Waals surface area (Å²) in [6.07, 6.45) is 0. The third kappa shape index (κ3) is 5.66. The van der Waals surface area contributed by atoms with E-state index in [9.17, 15) is 4.39 Å². The van der Waals surface area contributed by atoms with Gasteiger partial charge in [0.15, 0.2) is 0 Å². The molecule has 0 aliphatic heterocycles. The standard InChI is InChI=1S/C42H29F/c43-40-28-26-39(27-29-40)42-9-5-4-8-41(42)38-24-22-37(23-25-38)36-20-18-35(19-21-36)34-16-14-33(15-17-34)32-12-10-31(11-13-32)30-6-2-1-3-7-30/h1-29H. The lowest BCUT2D eigenvalue weighted by molar-refractivity contribution is 0.628. The number of hydrogen-bond acceptors (Lipinski definition) is 0. The highest BCUT2D eigenvalue weighted by Gasteiger charge is 2.09. The Morgan fingerprint density at radius 3 is 0.767 bits per heavy atom. The lowest BCUT2D eigenvalue weighted by Crippen LogP contribution is -1.86. The Morgan fingerprint density at radius 1 is 0.209 bits per heavy atom. The van der Waals surface area contributed by atoms with Crippen LogP contribution in [0.2, 0.25) is 0 Å². The van der Waals surface area contributed by atoms with Crippen LogP contribution in [0.3, 0.4) is 0 Å². The molecule has 0 fully saturated rings. The van der Waals surface area contributed by atoms with E-state index in [1.165, 1.54) is 56.6 Å². The summed E-state index contributed by atoms with van der Waals surface area (Å²) in [5.41, 5.74) is 14.0. The number of rotatable bonds is 6. The van der Waals surface area contributed by atoms with Crippen LogP contribution < -0.4 is 0 Å². The maximum Gasteiger partial charge on any atom is 0.123 e. The number of benzene rings is 7. The van der Waals surface area contributed by atoms with Gasteiger partial charge >= 0.3 is 0 Å². The molecule has 7 aromatic carbocycles. The summed E-state index contributed by atoms with van der Waals surface area (Å²) < 4.78 is 13.5. The van der Waals surface area contributed by atoms with Crippen LogP contribution in [-0.2, 0) is 0 Å². The molecule has 0 atom stereocenters. The van der Waals surface area contributed by atoms with E-state index < -0.39 is 0 Å². The van der Waals surface area contributed by atoms with Crippen molar-refractivity contribution in [3.63, 3.8) is 0 Å². The molecule has 7 rings (SSSR count). The number of hydrogen-bond donors (Lipinski definition) is 0. The van der Waals surface area contributed by atoms with Crippen molar-refractivity contribution < 1.29 is 4.39 Å². The second-order valence-electron chi connectivity index (χ2n) is 10.7. The van der Waals surface area contributed by atoms with E-state index in [0.29, 0.717) is 0 Å². The van der Waals surface area contributed by atoms with E-state index in [0.717, 1.165) is 22.3 Å². The molecule has 0 aliphatic carbocycles. The molecular formula is C42H29F. The Bertz CT molecular complexity index is 1950. The maximum atomic E-state index is 13.5. The molecule has 0 aliphatic rings. The van der Waals surface area contributed by atoms with Crippen LogP contribution in [0.5, 0.6) is 0 Å². The van der Waals surface area contributed by atoms with Crippen molar-refractivity contribution in [2.24, 2.45) is 0 Å². The molecule has 0 heterocycles. The lowest BCUT2D eigenvalue weighted by atomic mass is 9.93. The minimum absolute atomic E-state index is 0.224. The van der Waals surface area contributed by atoms with Gasteiger partial charge in [0.25, 0.3) is 0 Å². The fourth-order valence-electron chi connectivity index (χ4n) is 5.65. The highest BCUT2D eigenvalue weighted by Crippen LogP contribution is 2.34. The van der Waals surface area contributed by atoms with Crippen LogP contribution >= 0.6 is 0 Å². The molecule has 1 heteroatoms. The predicted molar refractivity (Wildman–Crippen MR) is 179 cm³/mol. The zero-order valence-corrected chi connectivity index (χ0v) is 23.6. The molecule has 0 unspecified atom stereocenters. The first-order valence-electron chi connectivity index (χ1n) is 14.5. The first-order valence-corrected chi connectivity index (χ1v) is 14.5. The third-order valence-corrected chi connectivity index (χ3v) is 8.04. The first kappa shape index (κ1) is 26.4. The topological polar surface area (TPSA) is 0 Å². The minimum Gasteiger partial charge on any atom is -0.207 e. The van der Waals surface area contributed by atoms with Gasteiger partial charge in [-0.05, 0) is 78.9 Å². The highest BCUT2D eigenvalue weighted by molar-refractivity contribution is 5.84. The summed E-state index contributed by atoms with van der Waals surface area (Å²) in [6, 6.07) is 60.4. The van der Waals surface area contributed by atoms with Crippen LogP contribution in [0.1, 0.15) is 0 Å². The summed E-state index contributed by atoms with van der Waals surface area (Å²) in [6.45, 7) is 0. The average molecular weight is 553 g/mol. The van der Waals surface area contributed by atoms with Crippen LogP contribution in [-0.4, -0.2) is 0 Å². The van der Waals surface area contributed by atoms with Crippen LogP contribution in [0.15, 0.2) is 176 Å². The van der Waals surface area contributed by atoms with E-state index in [-0.39, 0.29) is 5.82 Å². The van der Waals surface area contributed by atoms with Gasteiger partial charge in [0.2, 0.25) is 0 Å². The minimum atomic E-state index is -0.224. The highest BCUT2D eigenvalue weighted by atomic mass is 19.1. The normalized spacial score (nSPS) is 10.9. The smallest absolute Gasteiger partial charge is 0.123 e. The Balaban J connectivity index is 1.07. The van der Waals surface area contributed by atoms with Crippen molar-refractivity contribution in [3.8, 4) is 66.8 Å². The monoisotopic (exact) mass is 552 g/mol. The van der Waals surface area contributed by atoms with E-state index in [1.54, 1.807) is 0 Å². The van der Waals surface area contributed by atoms with E-state index in [1.807, 2.05) is 30.3 Å². The van der Waals surface area contributed by atoms with Crippen molar-refractivity contribution in [1.29, 1.82) is 0 Å². The van der Waals surface area contributed by atoms with Crippen LogP contribution in [0.25, 0.3) is 66.8 Å². The van der Waals surface area contributed by atoms with Crippen molar-refractivity contribution in [2.75, 3.05) is 0 Å². The lowest BCUT2D eigenvalue weighted by Gasteiger charge is -2.11. The van der Waals surface area contributed by atoms with E-state index in [4.69, 9.17) is 0 Å². The van der Waals surface area contributed by atoms with Gasteiger partial charge in [-0.25, -0.2) is 4.39 Å². The molecule has 0 aromatic heterocycles. The SMILES string of the molecule is Fc1ccc(-c2ccccc2-c2ccc(-c3ccc(-c4ccc(-c5ccc(-c6ccccc6)cc5)cc4)cc3)cc2)cc1. The average Bonchev–Trinajstić information content (AvgIpc) is 3.09. The molecule has 0 amide bonds. The van der Waals surface area contributed by atoms with Gasteiger partial charge in [0, 0.05) is 0 Å². The summed E-state index contributed by atoms with van der Waals surface area (Å²) in [5.74, 6) is -0.224. The van der Waals surface area contributed by atoms with Gasteiger partial charge in [-0.1, -0.05) is 164 Å². The molecule has 7 aromatic rings. The molecule has 0 saturated heterocycles. The van der Waals surface area contributed by atoms with Crippen molar-refractivity contribution in [3.05, 3.63) is 182 Å². The fraction of sp³-hybridized carbons (Fsp3) is 0. The Hall–Kier alpha value is -5.53. The molecule has 0 N–H and O–H groups in total.